The zero-order valence-corrected chi connectivity index (χ0v) is 11.5. The smallest absolute Gasteiger partial charge is 0.0235 e. The molecule has 1 aliphatic carbocycles. The molecule has 2 heteroatoms. The van der Waals surface area contributed by atoms with Crippen molar-refractivity contribution in [3.63, 3.8) is 0 Å². The Morgan fingerprint density at radius 2 is 1.88 bits per heavy atom. The molecule has 0 aromatic carbocycles. The molecule has 0 aromatic heterocycles. The fraction of sp³-hybridized carbons (Fsp3) is 1.00. The van der Waals surface area contributed by atoms with Gasteiger partial charge in [0.1, 0.15) is 0 Å². The number of likely N-dealkylation sites (tertiary alicyclic amines) is 1. The van der Waals surface area contributed by atoms with Crippen LogP contribution in [-0.2, 0) is 0 Å². The van der Waals surface area contributed by atoms with Gasteiger partial charge < -0.3 is 5.32 Å². The van der Waals surface area contributed by atoms with E-state index in [2.05, 4.69) is 24.1 Å². The molecule has 0 spiro atoms. The Bertz CT molecular complexity index is 252. The SMILES string of the molecule is CC1CCC(N2C[C@@H]3CCCN[C@@H]3C2)CC1C. The van der Waals surface area contributed by atoms with Crippen molar-refractivity contribution in [1.29, 1.82) is 0 Å². The van der Waals surface area contributed by atoms with Crippen molar-refractivity contribution in [2.75, 3.05) is 19.6 Å². The third kappa shape index (κ3) is 2.39. The average Bonchev–Trinajstić information content (AvgIpc) is 2.76. The van der Waals surface area contributed by atoms with Gasteiger partial charge >= 0.3 is 0 Å². The highest BCUT2D eigenvalue weighted by Gasteiger charge is 2.38. The van der Waals surface area contributed by atoms with Crippen molar-refractivity contribution < 1.29 is 0 Å². The van der Waals surface area contributed by atoms with Gasteiger partial charge in [-0.05, 0) is 56.4 Å². The summed E-state index contributed by atoms with van der Waals surface area (Å²) < 4.78 is 0. The molecular weight excluding hydrogens is 208 g/mol. The third-order valence-electron chi connectivity index (χ3n) is 5.71. The fourth-order valence-corrected chi connectivity index (χ4v) is 4.23. The Balaban J connectivity index is 1.59. The summed E-state index contributed by atoms with van der Waals surface area (Å²) in [6.07, 6.45) is 7.20. The predicted molar refractivity (Wildman–Crippen MR) is 72.1 cm³/mol. The number of piperidine rings is 1. The molecule has 2 saturated heterocycles. The fourth-order valence-electron chi connectivity index (χ4n) is 4.23. The summed E-state index contributed by atoms with van der Waals surface area (Å²) >= 11 is 0. The van der Waals surface area contributed by atoms with E-state index in [1.807, 2.05) is 0 Å². The molecule has 0 amide bonds. The van der Waals surface area contributed by atoms with Crippen LogP contribution in [0.4, 0.5) is 0 Å². The van der Waals surface area contributed by atoms with Gasteiger partial charge in [-0.1, -0.05) is 13.8 Å². The molecule has 3 aliphatic rings. The van der Waals surface area contributed by atoms with Gasteiger partial charge in [-0.25, -0.2) is 0 Å². The van der Waals surface area contributed by atoms with Crippen molar-refractivity contribution in [2.24, 2.45) is 17.8 Å². The highest BCUT2D eigenvalue weighted by atomic mass is 15.2. The van der Waals surface area contributed by atoms with Crippen LogP contribution >= 0.6 is 0 Å². The minimum Gasteiger partial charge on any atom is -0.312 e. The highest BCUT2D eigenvalue weighted by molar-refractivity contribution is 4.95. The number of hydrogen-bond acceptors (Lipinski definition) is 2. The van der Waals surface area contributed by atoms with Gasteiger partial charge in [0.25, 0.3) is 0 Å². The summed E-state index contributed by atoms with van der Waals surface area (Å²) in [5, 5.41) is 3.73. The minimum atomic E-state index is 0.818. The minimum absolute atomic E-state index is 0.818. The first-order valence-electron chi connectivity index (χ1n) is 7.71. The second-order valence-corrected chi connectivity index (χ2v) is 6.84. The molecule has 3 unspecified atom stereocenters. The maximum absolute atomic E-state index is 3.73. The molecule has 0 radical (unpaired) electrons. The van der Waals surface area contributed by atoms with E-state index in [0.717, 1.165) is 29.8 Å². The standard InChI is InChI=1S/C15H28N2/c1-11-5-6-14(8-12(11)2)17-9-13-4-3-7-16-15(13)10-17/h11-16H,3-10H2,1-2H3/t11?,12?,13-,14?,15+/m0/s1. The van der Waals surface area contributed by atoms with Crippen LogP contribution in [0.25, 0.3) is 0 Å². The van der Waals surface area contributed by atoms with E-state index in [0.29, 0.717) is 0 Å². The lowest BCUT2D eigenvalue weighted by Crippen LogP contribution is -2.42. The lowest BCUT2D eigenvalue weighted by atomic mass is 9.78. The summed E-state index contributed by atoms with van der Waals surface area (Å²) in [4.78, 5) is 2.82. The number of nitrogens with one attached hydrogen (secondary N) is 1. The van der Waals surface area contributed by atoms with Gasteiger partial charge in [-0.15, -0.1) is 0 Å². The van der Waals surface area contributed by atoms with E-state index in [9.17, 15) is 0 Å². The molecule has 5 atom stereocenters. The monoisotopic (exact) mass is 236 g/mol. The average molecular weight is 236 g/mol. The first-order chi connectivity index (χ1) is 8.24. The highest BCUT2D eigenvalue weighted by Crippen LogP contribution is 2.35. The second kappa shape index (κ2) is 4.89. The molecule has 0 aromatic rings. The van der Waals surface area contributed by atoms with Gasteiger partial charge in [0.2, 0.25) is 0 Å². The number of fused-ring (bicyclic) bond motifs is 1. The Morgan fingerprint density at radius 1 is 1.00 bits per heavy atom. The van der Waals surface area contributed by atoms with Gasteiger partial charge in [0.15, 0.2) is 0 Å². The summed E-state index contributed by atoms with van der Waals surface area (Å²) in [6.45, 7) is 8.86. The van der Waals surface area contributed by atoms with Crippen molar-refractivity contribution >= 4 is 0 Å². The van der Waals surface area contributed by atoms with Gasteiger partial charge in [0.05, 0.1) is 0 Å². The predicted octanol–water partition coefficient (Wildman–Crippen LogP) is 2.49. The van der Waals surface area contributed by atoms with Crippen molar-refractivity contribution in [3.05, 3.63) is 0 Å². The first kappa shape index (κ1) is 12.0. The maximum Gasteiger partial charge on any atom is 0.0235 e. The molecule has 2 heterocycles. The van der Waals surface area contributed by atoms with Crippen molar-refractivity contribution in [1.82, 2.24) is 10.2 Å². The van der Waals surface area contributed by atoms with E-state index in [1.54, 1.807) is 0 Å². The zero-order chi connectivity index (χ0) is 11.8. The molecule has 17 heavy (non-hydrogen) atoms. The number of nitrogens with zero attached hydrogens (tertiary/aromatic N) is 1. The van der Waals surface area contributed by atoms with Crippen LogP contribution in [0.1, 0.15) is 46.0 Å². The molecule has 0 bridgehead atoms. The van der Waals surface area contributed by atoms with E-state index < -0.39 is 0 Å². The lowest BCUT2D eigenvalue weighted by molar-refractivity contribution is 0.126. The Kier molecular flexibility index (Phi) is 3.45. The summed E-state index contributed by atoms with van der Waals surface area (Å²) in [5.74, 6) is 2.84. The molecule has 3 fully saturated rings. The Morgan fingerprint density at radius 3 is 2.65 bits per heavy atom. The van der Waals surface area contributed by atoms with Crippen LogP contribution in [0.15, 0.2) is 0 Å². The lowest BCUT2D eigenvalue weighted by Gasteiger charge is -2.37. The summed E-state index contributed by atoms with van der Waals surface area (Å²) in [6, 6.07) is 1.71. The van der Waals surface area contributed by atoms with Gasteiger partial charge in [-0.2, -0.15) is 0 Å². The molecule has 1 saturated carbocycles. The first-order valence-corrected chi connectivity index (χ1v) is 7.71. The Labute approximate surface area is 106 Å². The quantitative estimate of drug-likeness (QED) is 0.752. The zero-order valence-electron chi connectivity index (χ0n) is 11.5. The van der Waals surface area contributed by atoms with E-state index in [1.165, 1.54) is 51.7 Å². The summed E-state index contributed by atoms with van der Waals surface area (Å²) in [5.41, 5.74) is 0. The van der Waals surface area contributed by atoms with Gasteiger partial charge in [0, 0.05) is 25.2 Å². The molecule has 1 N–H and O–H groups in total. The van der Waals surface area contributed by atoms with E-state index in [4.69, 9.17) is 0 Å². The topological polar surface area (TPSA) is 15.3 Å². The third-order valence-corrected chi connectivity index (χ3v) is 5.71. The van der Waals surface area contributed by atoms with E-state index in [-0.39, 0.29) is 0 Å². The largest absolute Gasteiger partial charge is 0.312 e. The Hall–Kier alpha value is -0.0800. The van der Waals surface area contributed by atoms with Crippen molar-refractivity contribution in [2.45, 2.75) is 58.0 Å². The number of hydrogen-bond donors (Lipinski definition) is 1. The molecule has 3 rings (SSSR count). The van der Waals surface area contributed by atoms with Crippen LogP contribution in [0.5, 0.6) is 0 Å². The van der Waals surface area contributed by atoms with Crippen LogP contribution < -0.4 is 5.32 Å². The molecule has 98 valence electrons. The van der Waals surface area contributed by atoms with Gasteiger partial charge in [-0.3, -0.25) is 4.90 Å². The van der Waals surface area contributed by atoms with Crippen LogP contribution in [-0.4, -0.2) is 36.6 Å². The summed E-state index contributed by atoms with van der Waals surface area (Å²) in [7, 11) is 0. The molecule has 2 aliphatic heterocycles. The van der Waals surface area contributed by atoms with Crippen LogP contribution in [0.3, 0.4) is 0 Å². The normalized spacial score (nSPS) is 48.0. The number of rotatable bonds is 1. The second-order valence-electron chi connectivity index (χ2n) is 6.84. The molecule has 2 nitrogen and oxygen atoms in total. The van der Waals surface area contributed by atoms with Crippen LogP contribution in [0.2, 0.25) is 0 Å². The van der Waals surface area contributed by atoms with E-state index >= 15 is 0 Å². The maximum atomic E-state index is 3.73. The van der Waals surface area contributed by atoms with Crippen molar-refractivity contribution in [3.8, 4) is 0 Å². The van der Waals surface area contributed by atoms with Crippen LogP contribution in [0, 0.1) is 17.8 Å². The molecular formula is C15H28N2.